The van der Waals surface area contributed by atoms with E-state index in [-0.39, 0.29) is 6.03 Å². The van der Waals surface area contributed by atoms with E-state index in [1.807, 2.05) is 16.8 Å². The number of carbonyl (C=O) groups is 1. The number of nitrogens with zero attached hydrogens (tertiary/aromatic N) is 2. The van der Waals surface area contributed by atoms with Crippen LogP contribution in [-0.4, -0.2) is 42.0 Å². The molecule has 0 aromatic rings. The lowest BCUT2D eigenvalue weighted by molar-refractivity contribution is 0.133. The highest BCUT2D eigenvalue weighted by Crippen LogP contribution is 2.27. The van der Waals surface area contributed by atoms with Crippen molar-refractivity contribution in [3.05, 3.63) is 0 Å². The number of urea groups is 1. The Labute approximate surface area is 98.8 Å². The van der Waals surface area contributed by atoms with Crippen LogP contribution in [0, 0.1) is 5.92 Å². The van der Waals surface area contributed by atoms with E-state index in [0.717, 1.165) is 19.0 Å². The van der Waals surface area contributed by atoms with Crippen LogP contribution < -0.4 is 0 Å². The van der Waals surface area contributed by atoms with Crippen molar-refractivity contribution in [2.45, 2.75) is 51.5 Å². The van der Waals surface area contributed by atoms with Gasteiger partial charge in [0, 0.05) is 26.2 Å². The molecule has 2 amide bonds. The number of hydrogen-bond donors (Lipinski definition) is 0. The molecule has 0 spiro atoms. The summed E-state index contributed by atoms with van der Waals surface area (Å²) in [6.45, 7) is 4.23. The fraction of sp³-hybridized carbons (Fsp3) is 0.923. The standard InChI is InChI=1S/C13H24N2O/c1-11-6-5-7-12(10-11)14(2)13(16)15-8-3-4-9-15/h11-12H,3-10H2,1-2H3. The second kappa shape index (κ2) is 5.07. The van der Waals surface area contributed by atoms with E-state index in [0.29, 0.717) is 6.04 Å². The van der Waals surface area contributed by atoms with E-state index in [1.165, 1.54) is 38.5 Å². The Morgan fingerprint density at radius 3 is 2.50 bits per heavy atom. The predicted molar refractivity (Wildman–Crippen MR) is 65.4 cm³/mol. The maximum atomic E-state index is 12.2. The van der Waals surface area contributed by atoms with Gasteiger partial charge in [0.15, 0.2) is 0 Å². The maximum Gasteiger partial charge on any atom is 0.319 e. The first-order chi connectivity index (χ1) is 7.68. The summed E-state index contributed by atoms with van der Waals surface area (Å²) in [6, 6.07) is 0.744. The average molecular weight is 224 g/mol. The van der Waals surface area contributed by atoms with Crippen LogP contribution in [0.2, 0.25) is 0 Å². The molecule has 2 aliphatic rings. The van der Waals surface area contributed by atoms with E-state index in [9.17, 15) is 4.79 Å². The summed E-state index contributed by atoms with van der Waals surface area (Å²) in [6.07, 6.45) is 7.36. The van der Waals surface area contributed by atoms with Gasteiger partial charge in [0.25, 0.3) is 0 Å². The van der Waals surface area contributed by atoms with Crippen molar-refractivity contribution in [2.75, 3.05) is 20.1 Å². The second-order valence-corrected chi connectivity index (χ2v) is 5.51. The first-order valence-electron chi connectivity index (χ1n) is 6.70. The van der Waals surface area contributed by atoms with Gasteiger partial charge in [-0.3, -0.25) is 0 Å². The summed E-state index contributed by atoms with van der Waals surface area (Å²) in [5, 5.41) is 0. The molecule has 0 radical (unpaired) electrons. The van der Waals surface area contributed by atoms with Crippen molar-refractivity contribution in [2.24, 2.45) is 5.92 Å². The fourth-order valence-electron chi connectivity index (χ4n) is 3.04. The Balaban J connectivity index is 1.89. The lowest BCUT2D eigenvalue weighted by Crippen LogP contribution is -2.46. The Morgan fingerprint density at radius 2 is 1.88 bits per heavy atom. The number of likely N-dealkylation sites (tertiary alicyclic amines) is 1. The monoisotopic (exact) mass is 224 g/mol. The Kier molecular flexibility index (Phi) is 3.72. The van der Waals surface area contributed by atoms with Crippen molar-refractivity contribution in [1.82, 2.24) is 9.80 Å². The van der Waals surface area contributed by atoms with Crippen LogP contribution in [0.15, 0.2) is 0 Å². The zero-order chi connectivity index (χ0) is 11.5. The Bertz CT molecular complexity index is 248. The minimum Gasteiger partial charge on any atom is -0.325 e. The van der Waals surface area contributed by atoms with E-state index in [1.54, 1.807) is 0 Å². The van der Waals surface area contributed by atoms with Gasteiger partial charge in [-0.2, -0.15) is 0 Å². The van der Waals surface area contributed by atoms with Gasteiger partial charge in [-0.25, -0.2) is 4.79 Å². The zero-order valence-electron chi connectivity index (χ0n) is 10.6. The molecular weight excluding hydrogens is 200 g/mol. The minimum absolute atomic E-state index is 0.261. The van der Waals surface area contributed by atoms with E-state index < -0.39 is 0 Å². The maximum absolute atomic E-state index is 12.2. The number of hydrogen-bond acceptors (Lipinski definition) is 1. The molecular formula is C13H24N2O. The molecule has 3 nitrogen and oxygen atoms in total. The van der Waals surface area contributed by atoms with Crippen molar-refractivity contribution >= 4 is 6.03 Å². The molecule has 1 heterocycles. The quantitative estimate of drug-likeness (QED) is 0.672. The second-order valence-electron chi connectivity index (χ2n) is 5.51. The van der Waals surface area contributed by atoms with Crippen molar-refractivity contribution in [3.8, 4) is 0 Å². The molecule has 1 saturated heterocycles. The molecule has 1 aliphatic carbocycles. The van der Waals surface area contributed by atoms with Crippen molar-refractivity contribution in [3.63, 3.8) is 0 Å². The number of carbonyl (C=O) groups excluding carboxylic acids is 1. The largest absolute Gasteiger partial charge is 0.325 e. The van der Waals surface area contributed by atoms with Gasteiger partial charge in [-0.1, -0.05) is 19.8 Å². The highest BCUT2D eigenvalue weighted by molar-refractivity contribution is 5.74. The van der Waals surface area contributed by atoms with Crippen LogP contribution in [0.3, 0.4) is 0 Å². The molecule has 1 saturated carbocycles. The average Bonchev–Trinajstić information content (AvgIpc) is 2.80. The van der Waals surface area contributed by atoms with Gasteiger partial charge in [0.1, 0.15) is 0 Å². The van der Waals surface area contributed by atoms with E-state index in [4.69, 9.17) is 0 Å². The van der Waals surface area contributed by atoms with E-state index >= 15 is 0 Å². The summed E-state index contributed by atoms with van der Waals surface area (Å²) < 4.78 is 0. The number of amides is 2. The van der Waals surface area contributed by atoms with E-state index in [2.05, 4.69) is 6.92 Å². The third-order valence-electron chi connectivity index (χ3n) is 4.13. The molecule has 92 valence electrons. The summed E-state index contributed by atoms with van der Waals surface area (Å²) in [4.78, 5) is 16.2. The summed E-state index contributed by atoms with van der Waals surface area (Å²) >= 11 is 0. The van der Waals surface area contributed by atoms with Crippen LogP contribution in [0.5, 0.6) is 0 Å². The van der Waals surface area contributed by atoms with Crippen LogP contribution >= 0.6 is 0 Å². The number of rotatable bonds is 1. The van der Waals surface area contributed by atoms with Crippen LogP contribution in [-0.2, 0) is 0 Å². The first kappa shape index (κ1) is 11.7. The SMILES string of the molecule is CC1CCCC(N(C)C(=O)N2CCCC2)C1. The van der Waals surface area contributed by atoms with Crippen LogP contribution in [0.1, 0.15) is 45.4 Å². The summed E-state index contributed by atoms with van der Waals surface area (Å²) in [5.41, 5.74) is 0. The highest BCUT2D eigenvalue weighted by Gasteiger charge is 2.29. The smallest absolute Gasteiger partial charge is 0.319 e. The third kappa shape index (κ3) is 2.50. The molecule has 2 unspecified atom stereocenters. The van der Waals surface area contributed by atoms with Crippen LogP contribution in [0.25, 0.3) is 0 Å². The Hall–Kier alpha value is -0.730. The van der Waals surface area contributed by atoms with Crippen molar-refractivity contribution in [1.29, 1.82) is 0 Å². The molecule has 0 N–H and O–H groups in total. The first-order valence-corrected chi connectivity index (χ1v) is 6.70. The summed E-state index contributed by atoms with van der Waals surface area (Å²) in [5.74, 6) is 0.785. The highest BCUT2D eigenvalue weighted by atomic mass is 16.2. The molecule has 2 fully saturated rings. The van der Waals surface area contributed by atoms with Gasteiger partial charge in [0.05, 0.1) is 0 Å². The van der Waals surface area contributed by atoms with Crippen molar-refractivity contribution < 1.29 is 4.79 Å². The molecule has 0 aromatic carbocycles. The predicted octanol–water partition coefficient (Wildman–Crippen LogP) is 2.71. The van der Waals surface area contributed by atoms with Crippen LogP contribution in [0.4, 0.5) is 4.79 Å². The lowest BCUT2D eigenvalue weighted by Gasteiger charge is -2.36. The fourth-order valence-corrected chi connectivity index (χ4v) is 3.04. The van der Waals surface area contributed by atoms with Gasteiger partial charge in [0.2, 0.25) is 0 Å². The molecule has 1 aliphatic heterocycles. The molecule has 16 heavy (non-hydrogen) atoms. The van der Waals surface area contributed by atoms with Gasteiger partial charge >= 0.3 is 6.03 Å². The van der Waals surface area contributed by atoms with Gasteiger partial charge < -0.3 is 9.80 Å². The van der Waals surface area contributed by atoms with Gasteiger partial charge in [-0.15, -0.1) is 0 Å². The molecule has 2 rings (SSSR count). The molecule has 3 heteroatoms. The Morgan fingerprint density at radius 1 is 1.19 bits per heavy atom. The lowest BCUT2D eigenvalue weighted by atomic mass is 9.86. The summed E-state index contributed by atoms with van der Waals surface area (Å²) in [7, 11) is 1.99. The third-order valence-corrected chi connectivity index (χ3v) is 4.13. The minimum atomic E-state index is 0.261. The topological polar surface area (TPSA) is 23.6 Å². The normalized spacial score (nSPS) is 30.5. The molecule has 2 atom stereocenters. The van der Waals surface area contributed by atoms with Gasteiger partial charge in [-0.05, 0) is 31.6 Å². The zero-order valence-corrected chi connectivity index (χ0v) is 10.6. The molecule has 0 aromatic heterocycles. The molecule has 0 bridgehead atoms.